The van der Waals surface area contributed by atoms with Crippen molar-refractivity contribution in [1.82, 2.24) is 0 Å². The third kappa shape index (κ3) is 2.81. The van der Waals surface area contributed by atoms with E-state index in [2.05, 4.69) is 13.8 Å². The third-order valence-electron chi connectivity index (χ3n) is 3.84. The third-order valence-corrected chi connectivity index (χ3v) is 3.84. The molecular formula is C16H22O2. The van der Waals surface area contributed by atoms with Gasteiger partial charge in [0, 0.05) is 18.1 Å². The van der Waals surface area contributed by atoms with Crippen molar-refractivity contribution in [2.24, 2.45) is 11.8 Å². The molecule has 0 bridgehead atoms. The maximum Gasteiger partial charge on any atom is 0.166 e. The van der Waals surface area contributed by atoms with Gasteiger partial charge in [0.05, 0.1) is 6.10 Å². The quantitative estimate of drug-likeness (QED) is 0.761. The fraction of sp³-hybridized carbons (Fsp3) is 0.562. The van der Waals surface area contributed by atoms with Gasteiger partial charge in [0.25, 0.3) is 0 Å². The number of hydrogen-bond acceptors (Lipinski definition) is 2. The van der Waals surface area contributed by atoms with Crippen LogP contribution in [0.5, 0.6) is 0 Å². The Morgan fingerprint density at radius 1 is 1.33 bits per heavy atom. The molecule has 1 heterocycles. The molecule has 1 aromatic rings. The minimum absolute atomic E-state index is 0.132. The first-order valence-electron chi connectivity index (χ1n) is 6.81. The predicted molar refractivity (Wildman–Crippen MR) is 72.8 cm³/mol. The Kier molecular flexibility index (Phi) is 4.18. The highest BCUT2D eigenvalue weighted by Crippen LogP contribution is 2.28. The minimum Gasteiger partial charge on any atom is -0.378 e. The molecule has 1 saturated heterocycles. The van der Waals surface area contributed by atoms with Crippen molar-refractivity contribution >= 4 is 5.78 Å². The summed E-state index contributed by atoms with van der Waals surface area (Å²) in [5.41, 5.74) is 1.96. The van der Waals surface area contributed by atoms with Gasteiger partial charge in [0.15, 0.2) is 5.78 Å². The number of benzene rings is 1. The Labute approximate surface area is 109 Å². The van der Waals surface area contributed by atoms with Crippen LogP contribution >= 0.6 is 0 Å². The van der Waals surface area contributed by atoms with E-state index in [4.69, 9.17) is 4.74 Å². The number of carbonyl (C=O) groups excluding carboxylic acids is 1. The second kappa shape index (κ2) is 5.66. The van der Waals surface area contributed by atoms with Crippen molar-refractivity contribution in [3.63, 3.8) is 0 Å². The Balaban J connectivity index is 2.12. The lowest BCUT2D eigenvalue weighted by Crippen LogP contribution is -2.33. The zero-order chi connectivity index (χ0) is 13.1. The fourth-order valence-electron chi connectivity index (χ4n) is 2.60. The molecule has 98 valence electrons. The van der Waals surface area contributed by atoms with E-state index in [-0.39, 0.29) is 12.0 Å². The van der Waals surface area contributed by atoms with Crippen molar-refractivity contribution in [1.29, 1.82) is 0 Å². The molecule has 18 heavy (non-hydrogen) atoms. The summed E-state index contributed by atoms with van der Waals surface area (Å²) in [7, 11) is 0. The van der Waals surface area contributed by atoms with E-state index >= 15 is 0 Å². The summed E-state index contributed by atoms with van der Waals surface area (Å²) in [5.74, 6) is 0.909. The topological polar surface area (TPSA) is 26.3 Å². The fourth-order valence-corrected chi connectivity index (χ4v) is 2.60. The monoisotopic (exact) mass is 246 g/mol. The summed E-state index contributed by atoms with van der Waals surface area (Å²) in [6.07, 6.45) is 1.96. The van der Waals surface area contributed by atoms with E-state index in [1.54, 1.807) is 0 Å². The maximum absolute atomic E-state index is 12.5. The Morgan fingerprint density at radius 3 is 2.72 bits per heavy atom. The predicted octanol–water partition coefficient (Wildman–Crippen LogP) is 3.63. The second-order valence-electron chi connectivity index (χ2n) is 5.55. The van der Waals surface area contributed by atoms with Gasteiger partial charge in [-0.2, -0.15) is 0 Å². The molecule has 0 amide bonds. The van der Waals surface area contributed by atoms with Gasteiger partial charge in [-0.3, -0.25) is 4.79 Å². The lowest BCUT2D eigenvalue weighted by Gasteiger charge is -2.31. The van der Waals surface area contributed by atoms with Crippen LogP contribution in [0.3, 0.4) is 0 Å². The highest BCUT2D eigenvalue weighted by Gasteiger charge is 2.30. The number of hydrogen-bond donors (Lipinski definition) is 0. The van der Waals surface area contributed by atoms with Crippen LogP contribution in [0.4, 0.5) is 0 Å². The first kappa shape index (κ1) is 13.3. The summed E-state index contributed by atoms with van der Waals surface area (Å²) in [6.45, 7) is 7.04. The molecule has 0 aromatic heterocycles. The summed E-state index contributed by atoms with van der Waals surface area (Å²) in [4.78, 5) is 12.5. The molecule has 0 radical (unpaired) electrons. The molecule has 2 nitrogen and oxygen atoms in total. The highest BCUT2D eigenvalue weighted by atomic mass is 16.5. The molecule has 0 unspecified atom stereocenters. The van der Waals surface area contributed by atoms with Gasteiger partial charge < -0.3 is 4.74 Å². The van der Waals surface area contributed by atoms with Crippen LogP contribution in [0.1, 0.15) is 42.6 Å². The molecule has 0 spiro atoms. The van der Waals surface area contributed by atoms with Gasteiger partial charge in [-0.05, 0) is 31.2 Å². The smallest absolute Gasteiger partial charge is 0.166 e. The van der Waals surface area contributed by atoms with Gasteiger partial charge >= 0.3 is 0 Å². The van der Waals surface area contributed by atoms with Crippen molar-refractivity contribution in [3.8, 4) is 0 Å². The van der Waals surface area contributed by atoms with E-state index in [9.17, 15) is 4.79 Å². The molecule has 2 atom stereocenters. The molecule has 1 aromatic carbocycles. The lowest BCUT2D eigenvalue weighted by atomic mass is 9.84. The number of Topliss-reactive ketones (excluding diaryl/α,β-unsaturated/α-hetero) is 1. The van der Waals surface area contributed by atoms with Crippen LogP contribution in [-0.2, 0) is 4.74 Å². The van der Waals surface area contributed by atoms with Crippen LogP contribution in [0.15, 0.2) is 24.3 Å². The first-order chi connectivity index (χ1) is 8.59. The molecule has 2 rings (SSSR count). The summed E-state index contributed by atoms with van der Waals surface area (Å²) < 4.78 is 5.73. The Hall–Kier alpha value is -1.15. The molecule has 0 saturated carbocycles. The SMILES string of the molecule is Cc1ccccc1C(=O)[C@H]1CCO[C@@H](C(C)C)C1. The number of rotatable bonds is 3. The van der Waals surface area contributed by atoms with Crippen LogP contribution in [0.2, 0.25) is 0 Å². The number of ketones is 1. The Morgan fingerprint density at radius 2 is 2.06 bits per heavy atom. The average molecular weight is 246 g/mol. The first-order valence-corrected chi connectivity index (χ1v) is 6.81. The van der Waals surface area contributed by atoms with Crippen molar-refractivity contribution < 1.29 is 9.53 Å². The summed E-state index contributed by atoms with van der Waals surface area (Å²) in [5, 5.41) is 0. The molecule has 1 fully saturated rings. The van der Waals surface area contributed by atoms with Crippen LogP contribution in [0, 0.1) is 18.8 Å². The number of aryl methyl sites for hydroxylation is 1. The zero-order valence-electron chi connectivity index (χ0n) is 11.5. The average Bonchev–Trinajstić information content (AvgIpc) is 2.38. The van der Waals surface area contributed by atoms with Crippen molar-refractivity contribution in [2.75, 3.05) is 6.61 Å². The van der Waals surface area contributed by atoms with E-state index in [1.807, 2.05) is 31.2 Å². The molecular weight excluding hydrogens is 224 g/mol. The van der Waals surface area contributed by atoms with Gasteiger partial charge in [-0.1, -0.05) is 38.1 Å². The Bertz CT molecular complexity index is 423. The summed E-state index contributed by atoms with van der Waals surface area (Å²) in [6, 6.07) is 7.87. The van der Waals surface area contributed by atoms with Gasteiger partial charge in [-0.25, -0.2) is 0 Å². The summed E-state index contributed by atoms with van der Waals surface area (Å²) >= 11 is 0. The normalized spacial score (nSPS) is 24.2. The van der Waals surface area contributed by atoms with E-state index in [0.717, 1.165) is 24.0 Å². The minimum atomic E-state index is 0.132. The van der Waals surface area contributed by atoms with Gasteiger partial charge in [0.2, 0.25) is 0 Å². The van der Waals surface area contributed by atoms with Crippen LogP contribution < -0.4 is 0 Å². The van der Waals surface area contributed by atoms with E-state index in [1.165, 1.54) is 0 Å². The van der Waals surface area contributed by atoms with Crippen molar-refractivity contribution in [3.05, 3.63) is 35.4 Å². The number of carbonyl (C=O) groups is 1. The van der Waals surface area contributed by atoms with E-state index in [0.29, 0.717) is 18.3 Å². The van der Waals surface area contributed by atoms with E-state index < -0.39 is 0 Å². The van der Waals surface area contributed by atoms with Gasteiger partial charge in [-0.15, -0.1) is 0 Å². The molecule has 1 aliphatic heterocycles. The molecule has 2 heteroatoms. The zero-order valence-corrected chi connectivity index (χ0v) is 11.5. The highest BCUT2D eigenvalue weighted by molar-refractivity contribution is 5.99. The maximum atomic E-state index is 12.5. The molecule has 0 aliphatic carbocycles. The van der Waals surface area contributed by atoms with Crippen LogP contribution in [0.25, 0.3) is 0 Å². The standard InChI is InChI=1S/C16H22O2/c1-11(2)15-10-13(8-9-18-15)16(17)14-7-5-4-6-12(14)3/h4-7,11,13,15H,8-10H2,1-3H3/t13-,15+/m0/s1. The lowest BCUT2D eigenvalue weighted by molar-refractivity contribution is -0.0291. The molecule has 1 aliphatic rings. The van der Waals surface area contributed by atoms with Crippen molar-refractivity contribution in [2.45, 2.75) is 39.7 Å². The largest absolute Gasteiger partial charge is 0.378 e. The van der Waals surface area contributed by atoms with Crippen LogP contribution in [-0.4, -0.2) is 18.5 Å². The van der Waals surface area contributed by atoms with Gasteiger partial charge in [0.1, 0.15) is 0 Å². The number of ether oxygens (including phenoxy) is 1. The molecule has 0 N–H and O–H groups in total. The second-order valence-corrected chi connectivity index (χ2v) is 5.55.